The molecule has 2 aromatic rings. The Morgan fingerprint density at radius 3 is 2.05 bits per heavy atom. The summed E-state index contributed by atoms with van der Waals surface area (Å²) in [6, 6.07) is 6.81. The van der Waals surface area contributed by atoms with Crippen molar-refractivity contribution in [1.29, 1.82) is 0 Å². The molecule has 2 rings (SSSR count). The van der Waals surface area contributed by atoms with Crippen molar-refractivity contribution in [3.8, 4) is 22.6 Å². The number of methoxy groups -OCH3 is 2. The molecule has 0 aliphatic rings. The van der Waals surface area contributed by atoms with E-state index in [2.05, 4.69) is 0 Å². The lowest BCUT2D eigenvalue weighted by molar-refractivity contribution is 0.0690. The van der Waals surface area contributed by atoms with Crippen LogP contribution in [0.5, 0.6) is 11.5 Å². The van der Waals surface area contributed by atoms with E-state index >= 15 is 0 Å². The monoisotopic (exact) mass is 294 g/mol. The standard InChI is InChI=1S/C15H12F2O4/c1-20-9-5-8(6-10(7-9)21-2)11-3-4-12(15(18)19)14(17)13(11)16/h3-7H,1-2H3,(H,18,19). The summed E-state index contributed by atoms with van der Waals surface area (Å²) >= 11 is 0. The summed E-state index contributed by atoms with van der Waals surface area (Å²) in [6.07, 6.45) is 0. The Morgan fingerprint density at radius 2 is 1.57 bits per heavy atom. The zero-order chi connectivity index (χ0) is 15.6. The predicted molar refractivity (Wildman–Crippen MR) is 71.9 cm³/mol. The third-order valence-corrected chi connectivity index (χ3v) is 2.98. The second kappa shape index (κ2) is 5.78. The van der Waals surface area contributed by atoms with Gasteiger partial charge in [0.2, 0.25) is 0 Å². The minimum atomic E-state index is -1.53. The Labute approximate surface area is 119 Å². The van der Waals surface area contributed by atoms with Crippen molar-refractivity contribution in [3.63, 3.8) is 0 Å². The lowest BCUT2D eigenvalue weighted by Crippen LogP contribution is -2.04. The Kier molecular flexibility index (Phi) is 4.07. The molecule has 0 amide bonds. The fourth-order valence-electron chi connectivity index (χ4n) is 1.90. The number of rotatable bonds is 4. The van der Waals surface area contributed by atoms with Gasteiger partial charge in [0.05, 0.1) is 19.8 Å². The lowest BCUT2D eigenvalue weighted by Gasteiger charge is -2.10. The van der Waals surface area contributed by atoms with Crippen LogP contribution in [0.15, 0.2) is 30.3 Å². The number of carbonyl (C=O) groups is 1. The summed E-state index contributed by atoms with van der Waals surface area (Å²) in [5.74, 6) is -3.34. The summed E-state index contributed by atoms with van der Waals surface area (Å²) < 4.78 is 37.9. The molecule has 0 aliphatic heterocycles. The molecule has 0 spiro atoms. The Balaban J connectivity index is 2.62. The van der Waals surface area contributed by atoms with Gasteiger partial charge in [-0.3, -0.25) is 0 Å². The molecular formula is C15H12F2O4. The zero-order valence-electron chi connectivity index (χ0n) is 11.3. The molecule has 0 heterocycles. The molecule has 4 nitrogen and oxygen atoms in total. The highest BCUT2D eigenvalue weighted by Gasteiger charge is 2.19. The molecule has 0 bridgehead atoms. The molecule has 0 unspecified atom stereocenters. The first-order valence-electron chi connectivity index (χ1n) is 5.92. The maximum Gasteiger partial charge on any atom is 0.338 e. The second-order valence-corrected chi connectivity index (χ2v) is 4.20. The van der Waals surface area contributed by atoms with Gasteiger partial charge >= 0.3 is 5.97 Å². The van der Waals surface area contributed by atoms with Crippen LogP contribution in [-0.2, 0) is 0 Å². The van der Waals surface area contributed by atoms with E-state index in [9.17, 15) is 13.6 Å². The number of carboxylic acids is 1. The van der Waals surface area contributed by atoms with Crippen LogP contribution in [0, 0.1) is 11.6 Å². The molecule has 0 aliphatic carbocycles. The molecule has 110 valence electrons. The van der Waals surface area contributed by atoms with Crippen LogP contribution in [0.25, 0.3) is 11.1 Å². The van der Waals surface area contributed by atoms with Crippen LogP contribution in [0.3, 0.4) is 0 Å². The number of benzene rings is 2. The van der Waals surface area contributed by atoms with Gasteiger partial charge in [-0.15, -0.1) is 0 Å². The van der Waals surface area contributed by atoms with E-state index in [1.165, 1.54) is 32.4 Å². The van der Waals surface area contributed by atoms with E-state index in [0.717, 1.165) is 6.07 Å². The Morgan fingerprint density at radius 1 is 1.00 bits per heavy atom. The lowest BCUT2D eigenvalue weighted by atomic mass is 10.0. The highest BCUT2D eigenvalue weighted by atomic mass is 19.2. The van der Waals surface area contributed by atoms with Crippen LogP contribution in [0.2, 0.25) is 0 Å². The maximum absolute atomic E-state index is 14.1. The van der Waals surface area contributed by atoms with Crippen LogP contribution in [-0.4, -0.2) is 25.3 Å². The maximum atomic E-state index is 14.1. The molecule has 1 N–H and O–H groups in total. The quantitative estimate of drug-likeness (QED) is 0.939. The molecular weight excluding hydrogens is 282 g/mol. The summed E-state index contributed by atoms with van der Waals surface area (Å²) in [4.78, 5) is 10.8. The average molecular weight is 294 g/mol. The minimum absolute atomic E-state index is 0.0744. The van der Waals surface area contributed by atoms with Gasteiger partial charge < -0.3 is 14.6 Å². The summed E-state index contributed by atoms with van der Waals surface area (Å²) in [7, 11) is 2.87. The number of ether oxygens (including phenoxy) is 2. The van der Waals surface area contributed by atoms with E-state index in [1.54, 1.807) is 6.07 Å². The van der Waals surface area contributed by atoms with Gasteiger partial charge in [-0.1, -0.05) is 6.07 Å². The molecule has 2 aromatic carbocycles. The highest BCUT2D eigenvalue weighted by Crippen LogP contribution is 2.32. The molecule has 0 fully saturated rings. The average Bonchev–Trinajstić information content (AvgIpc) is 2.48. The smallest absolute Gasteiger partial charge is 0.338 e. The number of halogens is 2. The topological polar surface area (TPSA) is 55.8 Å². The highest BCUT2D eigenvalue weighted by molar-refractivity contribution is 5.89. The van der Waals surface area contributed by atoms with E-state index in [1.807, 2.05) is 0 Å². The molecule has 0 saturated carbocycles. The zero-order valence-corrected chi connectivity index (χ0v) is 11.3. The molecule has 0 radical (unpaired) electrons. The first kappa shape index (κ1) is 14.8. The van der Waals surface area contributed by atoms with Gasteiger partial charge in [0.1, 0.15) is 11.5 Å². The third-order valence-electron chi connectivity index (χ3n) is 2.98. The molecule has 6 heteroatoms. The van der Waals surface area contributed by atoms with Crippen molar-refractivity contribution in [3.05, 3.63) is 47.5 Å². The number of hydrogen-bond acceptors (Lipinski definition) is 3. The van der Waals surface area contributed by atoms with E-state index in [4.69, 9.17) is 14.6 Å². The Bertz CT molecular complexity index is 676. The summed E-state index contributed by atoms with van der Waals surface area (Å²) in [5.41, 5.74) is -0.472. The first-order valence-corrected chi connectivity index (χ1v) is 5.92. The van der Waals surface area contributed by atoms with E-state index in [-0.39, 0.29) is 5.56 Å². The predicted octanol–water partition coefficient (Wildman–Crippen LogP) is 3.35. The van der Waals surface area contributed by atoms with Gasteiger partial charge in [-0.25, -0.2) is 13.6 Å². The van der Waals surface area contributed by atoms with Crippen LogP contribution < -0.4 is 9.47 Å². The van der Waals surface area contributed by atoms with Crippen molar-refractivity contribution in [2.24, 2.45) is 0 Å². The van der Waals surface area contributed by atoms with Crippen molar-refractivity contribution in [2.75, 3.05) is 14.2 Å². The largest absolute Gasteiger partial charge is 0.497 e. The fraction of sp³-hybridized carbons (Fsp3) is 0.133. The van der Waals surface area contributed by atoms with Gasteiger partial charge in [-0.2, -0.15) is 0 Å². The van der Waals surface area contributed by atoms with Gasteiger partial charge in [-0.05, 0) is 23.8 Å². The van der Waals surface area contributed by atoms with Crippen LogP contribution in [0.4, 0.5) is 8.78 Å². The van der Waals surface area contributed by atoms with Gasteiger partial charge in [0, 0.05) is 11.6 Å². The molecule has 21 heavy (non-hydrogen) atoms. The Hall–Kier alpha value is -2.63. The van der Waals surface area contributed by atoms with E-state index < -0.39 is 23.2 Å². The van der Waals surface area contributed by atoms with Crippen LogP contribution in [0.1, 0.15) is 10.4 Å². The fourth-order valence-corrected chi connectivity index (χ4v) is 1.90. The molecule has 0 atom stereocenters. The SMILES string of the molecule is COc1cc(OC)cc(-c2ccc(C(=O)O)c(F)c2F)c1. The van der Waals surface area contributed by atoms with Crippen molar-refractivity contribution in [1.82, 2.24) is 0 Å². The van der Waals surface area contributed by atoms with Crippen molar-refractivity contribution in [2.45, 2.75) is 0 Å². The normalized spacial score (nSPS) is 10.3. The van der Waals surface area contributed by atoms with Crippen molar-refractivity contribution >= 4 is 5.97 Å². The van der Waals surface area contributed by atoms with Crippen molar-refractivity contribution < 1.29 is 28.2 Å². The second-order valence-electron chi connectivity index (χ2n) is 4.20. The van der Waals surface area contributed by atoms with Gasteiger partial charge in [0.15, 0.2) is 11.6 Å². The number of carboxylic acid groups (broad SMARTS) is 1. The summed E-state index contributed by atoms with van der Waals surface area (Å²) in [5, 5.41) is 8.77. The minimum Gasteiger partial charge on any atom is -0.497 e. The van der Waals surface area contributed by atoms with E-state index in [0.29, 0.717) is 17.1 Å². The van der Waals surface area contributed by atoms with Crippen LogP contribution >= 0.6 is 0 Å². The first-order chi connectivity index (χ1) is 9.97. The molecule has 0 aromatic heterocycles. The number of hydrogen-bond donors (Lipinski definition) is 1. The number of aromatic carboxylic acids is 1. The molecule has 0 saturated heterocycles. The van der Waals surface area contributed by atoms with Gasteiger partial charge in [0.25, 0.3) is 0 Å². The third kappa shape index (κ3) is 2.79. The summed E-state index contributed by atoms with van der Waals surface area (Å²) in [6.45, 7) is 0.